The van der Waals surface area contributed by atoms with Crippen LogP contribution in [0.4, 0.5) is 10.8 Å². The van der Waals surface area contributed by atoms with Crippen molar-refractivity contribution < 1.29 is 8.42 Å². The van der Waals surface area contributed by atoms with E-state index in [4.69, 9.17) is 5.73 Å². The summed E-state index contributed by atoms with van der Waals surface area (Å²) in [7, 11) is -3.48. The Kier molecular flexibility index (Phi) is 3.79. The summed E-state index contributed by atoms with van der Waals surface area (Å²) in [6.07, 6.45) is 4.79. The molecule has 21 heavy (non-hydrogen) atoms. The van der Waals surface area contributed by atoms with Crippen molar-refractivity contribution >= 4 is 32.2 Å². The van der Waals surface area contributed by atoms with Gasteiger partial charge < -0.3 is 10.6 Å². The van der Waals surface area contributed by atoms with E-state index in [9.17, 15) is 8.42 Å². The van der Waals surface area contributed by atoms with Gasteiger partial charge in [0, 0.05) is 44.3 Å². The highest BCUT2D eigenvalue weighted by Crippen LogP contribution is 2.25. The highest BCUT2D eigenvalue weighted by molar-refractivity contribution is 7.91. The van der Waals surface area contributed by atoms with Crippen LogP contribution in [-0.2, 0) is 10.0 Å². The first-order valence-corrected chi connectivity index (χ1v) is 8.69. The summed E-state index contributed by atoms with van der Waals surface area (Å²) in [6.45, 7) is 2.19. The first-order valence-electron chi connectivity index (χ1n) is 6.44. The second-order valence-electron chi connectivity index (χ2n) is 4.61. The lowest BCUT2D eigenvalue weighted by atomic mass is 10.3. The van der Waals surface area contributed by atoms with E-state index in [1.165, 1.54) is 10.5 Å². The van der Waals surface area contributed by atoms with Gasteiger partial charge in [-0.2, -0.15) is 4.31 Å². The van der Waals surface area contributed by atoms with Crippen molar-refractivity contribution in [2.24, 2.45) is 0 Å². The molecule has 7 nitrogen and oxygen atoms in total. The molecule has 2 aromatic heterocycles. The Hall–Kier alpha value is -1.71. The van der Waals surface area contributed by atoms with Crippen LogP contribution in [0.1, 0.15) is 0 Å². The maximum absolute atomic E-state index is 12.5. The van der Waals surface area contributed by atoms with Crippen molar-refractivity contribution in [3.63, 3.8) is 0 Å². The molecule has 112 valence electrons. The van der Waals surface area contributed by atoms with Crippen LogP contribution in [0.15, 0.2) is 34.9 Å². The number of nitrogens with two attached hydrogens (primary N) is 1. The molecular weight excluding hydrogens is 310 g/mol. The van der Waals surface area contributed by atoms with Crippen molar-refractivity contribution in [1.29, 1.82) is 0 Å². The largest absolute Gasteiger partial charge is 0.375 e. The van der Waals surface area contributed by atoms with Crippen molar-refractivity contribution in [1.82, 2.24) is 14.3 Å². The van der Waals surface area contributed by atoms with Crippen LogP contribution in [0.25, 0.3) is 0 Å². The third kappa shape index (κ3) is 2.85. The summed E-state index contributed by atoms with van der Waals surface area (Å²) in [5.74, 6) is 0. The fraction of sp³-hybridized carbons (Fsp3) is 0.333. The molecule has 0 saturated carbocycles. The molecule has 0 amide bonds. The standard InChI is InChI=1S/C12H15N5O2S2/c13-12-15-9-11(20-12)21(18,19)17-7-5-16(6-8-17)10-1-3-14-4-2-10/h1-4,9H,5-8H2,(H2,13,15). The fourth-order valence-electron chi connectivity index (χ4n) is 2.26. The third-order valence-electron chi connectivity index (χ3n) is 3.36. The lowest BCUT2D eigenvalue weighted by Crippen LogP contribution is -2.48. The van der Waals surface area contributed by atoms with E-state index in [0.29, 0.717) is 26.2 Å². The van der Waals surface area contributed by atoms with Crippen molar-refractivity contribution in [3.8, 4) is 0 Å². The summed E-state index contributed by atoms with van der Waals surface area (Å²) >= 11 is 1.00. The summed E-state index contributed by atoms with van der Waals surface area (Å²) < 4.78 is 26.6. The number of thiazole rings is 1. The number of nitrogen functional groups attached to an aromatic ring is 1. The molecule has 0 radical (unpaired) electrons. The first kappa shape index (κ1) is 14.2. The first-order chi connectivity index (χ1) is 10.1. The van der Waals surface area contributed by atoms with E-state index >= 15 is 0 Å². The van der Waals surface area contributed by atoms with E-state index in [0.717, 1.165) is 17.0 Å². The molecule has 0 aromatic carbocycles. The Labute approximate surface area is 127 Å². The maximum Gasteiger partial charge on any atom is 0.254 e. The summed E-state index contributed by atoms with van der Waals surface area (Å²) in [4.78, 5) is 9.95. The molecular formula is C12H15N5O2S2. The van der Waals surface area contributed by atoms with E-state index in [1.807, 2.05) is 12.1 Å². The number of hydrogen-bond donors (Lipinski definition) is 1. The van der Waals surface area contributed by atoms with Crippen LogP contribution in [0.5, 0.6) is 0 Å². The van der Waals surface area contributed by atoms with Crippen LogP contribution < -0.4 is 10.6 Å². The molecule has 9 heteroatoms. The van der Waals surface area contributed by atoms with Gasteiger partial charge in [0.2, 0.25) is 0 Å². The number of rotatable bonds is 3. The van der Waals surface area contributed by atoms with Gasteiger partial charge in [-0.1, -0.05) is 11.3 Å². The number of hydrogen-bond acceptors (Lipinski definition) is 7. The molecule has 0 unspecified atom stereocenters. The Morgan fingerprint density at radius 3 is 2.38 bits per heavy atom. The van der Waals surface area contributed by atoms with Crippen LogP contribution in [0.3, 0.4) is 0 Å². The van der Waals surface area contributed by atoms with Gasteiger partial charge >= 0.3 is 0 Å². The zero-order valence-corrected chi connectivity index (χ0v) is 12.8. The minimum Gasteiger partial charge on any atom is -0.375 e. The Morgan fingerprint density at radius 2 is 1.81 bits per heavy atom. The van der Waals surface area contributed by atoms with E-state index in [2.05, 4.69) is 14.9 Å². The Bertz CT molecular complexity index is 708. The predicted octanol–water partition coefficient (Wildman–Crippen LogP) is 0.631. The monoisotopic (exact) mass is 325 g/mol. The fourth-order valence-corrected chi connectivity index (χ4v) is 4.76. The SMILES string of the molecule is Nc1ncc(S(=O)(=O)N2CCN(c3ccncc3)CC2)s1. The average Bonchev–Trinajstić information content (AvgIpc) is 2.96. The quantitative estimate of drug-likeness (QED) is 0.890. The van der Waals surface area contributed by atoms with Gasteiger partial charge in [0.1, 0.15) is 0 Å². The predicted molar refractivity (Wildman–Crippen MR) is 81.7 cm³/mol. The smallest absolute Gasteiger partial charge is 0.254 e. The number of pyridine rings is 1. The number of aromatic nitrogens is 2. The zero-order valence-electron chi connectivity index (χ0n) is 11.2. The van der Waals surface area contributed by atoms with Crippen molar-refractivity contribution in [2.75, 3.05) is 36.8 Å². The normalized spacial score (nSPS) is 17.0. The molecule has 1 fully saturated rings. The minimum absolute atomic E-state index is 0.206. The molecule has 0 atom stereocenters. The highest BCUT2D eigenvalue weighted by Gasteiger charge is 2.30. The Morgan fingerprint density at radius 1 is 1.14 bits per heavy atom. The van der Waals surface area contributed by atoms with Gasteiger partial charge in [-0.05, 0) is 12.1 Å². The van der Waals surface area contributed by atoms with E-state index < -0.39 is 10.0 Å². The summed E-state index contributed by atoms with van der Waals surface area (Å²) in [6, 6.07) is 3.85. The lowest BCUT2D eigenvalue weighted by molar-refractivity contribution is 0.386. The number of sulfonamides is 1. The van der Waals surface area contributed by atoms with E-state index in [-0.39, 0.29) is 9.34 Å². The van der Waals surface area contributed by atoms with Crippen LogP contribution in [0.2, 0.25) is 0 Å². The zero-order chi connectivity index (χ0) is 14.9. The van der Waals surface area contributed by atoms with Gasteiger partial charge in [-0.25, -0.2) is 13.4 Å². The molecule has 0 spiro atoms. The lowest BCUT2D eigenvalue weighted by Gasteiger charge is -2.34. The maximum atomic E-state index is 12.5. The summed E-state index contributed by atoms with van der Waals surface area (Å²) in [5.41, 5.74) is 6.57. The number of anilines is 2. The van der Waals surface area contributed by atoms with Crippen LogP contribution >= 0.6 is 11.3 Å². The van der Waals surface area contributed by atoms with Gasteiger partial charge in [0.25, 0.3) is 10.0 Å². The van der Waals surface area contributed by atoms with Crippen LogP contribution in [0, 0.1) is 0 Å². The molecule has 0 bridgehead atoms. The highest BCUT2D eigenvalue weighted by atomic mass is 32.2. The van der Waals surface area contributed by atoms with E-state index in [1.54, 1.807) is 12.4 Å². The molecule has 1 aliphatic rings. The van der Waals surface area contributed by atoms with Gasteiger partial charge in [0.05, 0.1) is 6.20 Å². The van der Waals surface area contributed by atoms with Crippen molar-refractivity contribution in [2.45, 2.75) is 4.21 Å². The molecule has 1 saturated heterocycles. The van der Waals surface area contributed by atoms with Crippen molar-refractivity contribution in [3.05, 3.63) is 30.7 Å². The molecule has 0 aliphatic carbocycles. The second-order valence-corrected chi connectivity index (χ2v) is 7.84. The number of nitrogens with zero attached hydrogens (tertiary/aromatic N) is 4. The molecule has 3 heterocycles. The number of piperazine rings is 1. The topological polar surface area (TPSA) is 92.4 Å². The minimum atomic E-state index is -3.48. The molecule has 3 rings (SSSR count). The third-order valence-corrected chi connectivity index (χ3v) is 6.52. The van der Waals surface area contributed by atoms with Gasteiger partial charge in [-0.3, -0.25) is 4.98 Å². The van der Waals surface area contributed by atoms with Crippen LogP contribution in [-0.4, -0.2) is 48.9 Å². The second kappa shape index (κ2) is 5.58. The molecule has 2 aromatic rings. The Balaban J connectivity index is 1.71. The summed E-state index contributed by atoms with van der Waals surface area (Å²) in [5, 5.41) is 0.268. The average molecular weight is 325 g/mol. The molecule has 2 N–H and O–H groups in total. The van der Waals surface area contributed by atoms with Gasteiger partial charge in [-0.15, -0.1) is 0 Å². The molecule has 1 aliphatic heterocycles. The van der Waals surface area contributed by atoms with Gasteiger partial charge in [0.15, 0.2) is 9.34 Å².